The molecule has 26 heteroatoms. The number of carboxylic acid groups (broad SMARTS) is 1. The second-order valence-corrected chi connectivity index (χ2v) is 19.5. The van der Waals surface area contributed by atoms with Crippen molar-refractivity contribution in [2.75, 3.05) is 30.9 Å². The Kier molecular flexibility index (Phi) is 26.6. The molecule has 0 radical (unpaired) electrons. The number of H-pyrrole nitrogens is 1. The lowest BCUT2D eigenvalue weighted by molar-refractivity contribution is -0.142. The molecule has 0 aliphatic carbocycles. The Morgan fingerprint density at radius 2 is 1.25 bits per heavy atom. The molecule has 0 spiro atoms. The lowest BCUT2D eigenvalue weighted by atomic mass is 9.99. The maximum atomic E-state index is 13.9. The normalized spacial score (nSPS) is 14.8. The van der Waals surface area contributed by atoms with Crippen LogP contribution in [-0.4, -0.2) is 160 Å². The van der Waals surface area contributed by atoms with Gasteiger partial charge in [0.2, 0.25) is 53.2 Å². The number of aromatic amines is 1. The third-order valence-electron chi connectivity index (χ3n) is 11.8. The molecule has 0 fully saturated rings. The van der Waals surface area contributed by atoms with Gasteiger partial charge in [-0.15, -0.1) is 0 Å². The molecule has 9 atom stereocenters. The van der Waals surface area contributed by atoms with Crippen molar-refractivity contribution in [3.63, 3.8) is 0 Å². The molecule has 0 saturated heterocycles. The molecule has 0 aliphatic rings. The number of aromatic nitrogens is 1. The molecule has 9 amide bonds. The Balaban J connectivity index is 1.71. The highest BCUT2D eigenvalue weighted by atomic mass is 32.2. The van der Waals surface area contributed by atoms with E-state index in [-0.39, 0.29) is 31.4 Å². The number of rotatable bonds is 33. The van der Waals surface area contributed by atoms with E-state index in [0.717, 1.165) is 23.4 Å². The molecular weight excluding hydrogens is 1010 g/mol. The van der Waals surface area contributed by atoms with E-state index >= 15 is 0 Å². The summed E-state index contributed by atoms with van der Waals surface area (Å²) in [5.74, 6) is -9.88. The third kappa shape index (κ3) is 20.8. The van der Waals surface area contributed by atoms with E-state index in [9.17, 15) is 58.2 Å². The number of carbonyl (C=O) groups excluding carboxylic acids is 9. The fourth-order valence-electron chi connectivity index (χ4n) is 7.61. The first-order valence-corrected chi connectivity index (χ1v) is 26.4. The van der Waals surface area contributed by atoms with Crippen LogP contribution in [-0.2, 0) is 60.8 Å². The molecule has 0 bridgehead atoms. The molecule has 1 aromatic heterocycles. The Bertz CT molecular complexity index is 2430. The average molecular weight is 1090 g/mol. The largest absolute Gasteiger partial charge is 0.480 e. The molecular formula is C49H72N12O12S2. The van der Waals surface area contributed by atoms with Crippen LogP contribution in [0.25, 0.3) is 10.9 Å². The Morgan fingerprint density at radius 1 is 0.667 bits per heavy atom. The Labute approximate surface area is 444 Å². The van der Waals surface area contributed by atoms with Crippen LogP contribution >= 0.6 is 24.4 Å². The number of benzene rings is 2. The molecule has 17 N–H and O–H groups in total. The van der Waals surface area contributed by atoms with Crippen molar-refractivity contribution in [3.8, 4) is 0 Å². The van der Waals surface area contributed by atoms with E-state index in [2.05, 4.69) is 60.1 Å². The number of unbranched alkanes of at least 4 members (excludes halogenated alkanes) is 1. The monoisotopic (exact) mass is 1080 g/mol. The van der Waals surface area contributed by atoms with Crippen LogP contribution in [0.3, 0.4) is 0 Å². The van der Waals surface area contributed by atoms with Gasteiger partial charge in [0.1, 0.15) is 42.3 Å². The first kappa shape index (κ1) is 62.6. The van der Waals surface area contributed by atoms with Crippen molar-refractivity contribution < 1.29 is 58.2 Å². The van der Waals surface area contributed by atoms with Gasteiger partial charge in [-0.3, -0.25) is 43.2 Å². The van der Waals surface area contributed by atoms with Crippen LogP contribution < -0.4 is 59.7 Å². The highest BCUT2D eigenvalue weighted by molar-refractivity contribution is 7.98. The van der Waals surface area contributed by atoms with Gasteiger partial charge in [0, 0.05) is 29.3 Å². The second kappa shape index (κ2) is 31.9. The van der Waals surface area contributed by atoms with Crippen molar-refractivity contribution in [2.45, 2.75) is 120 Å². The lowest BCUT2D eigenvalue weighted by Gasteiger charge is -2.27. The predicted molar refractivity (Wildman–Crippen MR) is 284 cm³/mol. The van der Waals surface area contributed by atoms with E-state index < -0.39 is 132 Å². The average Bonchev–Trinajstić information content (AvgIpc) is 3.77. The highest BCUT2D eigenvalue weighted by Crippen LogP contribution is 2.19. The molecule has 24 nitrogen and oxygen atoms in total. The summed E-state index contributed by atoms with van der Waals surface area (Å²) in [5.41, 5.74) is 19.5. The zero-order chi connectivity index (χ0) is 55.8. The molecule has 3 aromatic rings. The van der Waals surface area contributed by atoms with Gasteiger partial charge in [0.25, 0.3) is 0 Å². The fraction of sp³-hybridized carbons (Fsp3) is 0.510. The maximum Gasteiger partial charge on any atom is 0.326 e. The summed E-state index contributed by atoms with van der Waals surface area (Å²) in [4.78, 5) is 135. The number of nitrogens with two attached hydrogens (primary N) is 3. The van der Waals surface area contributed by atoms with E-state index in [1.54, 1.807) is 56.6 Å². The number of nitrogens with one attached hydrogen (secondary N) is 9. The Morgan fingerprint density at radius 3 is 1.87 bits per heavy atom. The minimum absolute atomic E-state index is 0.00435. The van der Waals surface area contributed by atoms with Gasteiger partial charge in [-0.05, 0) is 80.7 Å². The van der Waals surface area contributed by atoms with Gasteiger partial charge in [0.05, 0.1) is 25.1 Å². The number of thioether (sulfide) groups is 1. The fourth-order valence-corrected chi connectivity index (χ4v) is 8.33. The molecule has 0 unspecified atom stereocenters. The number of aliphatic hydroxyl groups excluding tert-OH is 1. The van der Waals surface area contributed by atoms with Gasteiger partial charge >= 0.3 is 5.97 Å². The minimum Gasteiger partial charge on any atom is -0.480 e. The molecule has 75 heavy (non-hydrogen) atoms. The zero-order valence-electron chi connectivity index (χ0n) is 42.4. The summed E-state index contributed by atoms with van der Waals surface area (Å²) in [6, 6.07) is 5.15. The first-order chi connectivity index (χ1) is 35.6. The van der Waals surface area contributed by atoms with Crippen molar-refractivity contribution in [1.29, 1.82) is 0 Å². The highest BCUT2D eigenvalue weighted by Gasteiger charge is 2.35. The van der Waals surface area contributed by atoms with Gasteiger partial charge in [-0.1, -0.05) is 62.4 Å². The summed E-state index contributed by atoms with van der Waals surface area (Å²) in [7, 11) is 0. The summed E-state index contributed by atoms with van der Waals surface area (Å²) in [6.07, 6.45) is 2.18. The number of aliphatic carboxylic acids is 1. The van der Waals surface area contributed by atoms with Gasteiger partial charge in [0.15, 0.2) is 0 Å². The van der Waals surface area contributed by atoms with Gasteiger partial charge in [-0.25, -0.2) is 4.79 Å². The van der Waals surface area contributed by atoms with E-state index in [0.29, 0.717) is 30.7 Å². The number of primary amides is 1. The van der Waals surface area contributed by atoms with Crippen LogP contribution in [0, 0.1) is 5.92 Å². The van der Waals surface area contributed by atoms with Crippen molar-refractivity contribution in [3.05, 3.63) is 71.9 Å². The maximum absolute atomic E-state index is 13.9. The third-order valence-corrected chi connectivity index (χ3v) is 12.8. The Hall–Kier alpha value is -6.74. The van der Waals surface area contributed by atoms with Crippen LogP contribution in [0.4, 0.5) is 0 Å². The van der Waals surface area contributed by atoms with Crippen LogP contribution in [0.15, 0.2) is 60.8 Å². The van der Waals surface area contributed by atoms with Crippen molar-refractivity contribution >= 4 is 94.4 Å². The summed E-state index contributed by atoms with van der Waals surface area (Å²) >= 11 is 5.46. The molecule has 3 rings (SSSR count). The molecule has 0 aliphatic heterocycles. The summed E-state index contributed by atoms with van der Waals surface area (Å²) in [5, 5.41) is 40.8. The lowest BCUT2D eigenvalue weighted by Crippen LogP contribution is -2.61. The van der Waals surface area contributed by atoms with E-state index in [1.165, 1.54) is 11.8 Å². The molecule has 2 aromatic carbocycles. The van der Waals surface area contributed by atoms with Crippen LogP contribution in [0.1, 0.15) is 64.0 Å². The number of aliphatic hydroxyl groups is 1. The number of amides is 9. The number of thiol groups is 1. The van der Waals surface area contributed by atoms with Crippen LogP contribution in [0.5, 0.6) is 0 Å². The summed E-state index contributed by atoms with van der Waals surface area (Å²) in [6.45, 7) is 4.07. The quantitative estimate of drug-likeness (QED) is 0.0223. The number of hydrogen-bond acceptors (Lipinski definition) is 15. The topological polar surface area (TPSA) is 401 Å². The van der Waals surface area contributed by atoms with Gasteiger partial charge < -0.3 is 74.9 Å². The smallest absolute Gasteiger partial charge is 0.326 e. The summed E-state index contributed by atoms with van der Waals surface area (Å²) < 4.78 is 0. The standard InChI is InChI=1S/C49H72N12O12S2/c1-26(2)40(60-42(65)31(51)21-29-23-53-32-15-9-8-14-30(29)32)47(70)58-35(20-28-12-6-5-7-13-28)43(66)54-24-39(64)55-36(22-38(52)63)45(68)61-41(27(3)62)48(71)56-33(17-19-75-4)44(67)59-37(25-74)46(69)57-34(49(72)73)16-10-11-18-50/h5-9,12-15,23,26-27,31,33-37,40-41,53,62,74H,10-11,16-22,24-25,50-51H2,1-4H3,(H2,52,63)(H,54,66)(H,55,64)(H,56,71)(H,57,69)(H,58,70)(H,59,67)(H,60,65)(H,61,68)(H,72,73)/t27-,31+,33+,34+,35+,36+,37+,40+,41+/m1/s1. The number of hydrogen-bond donors (Lipinski definition) is 15. The first-order valence-electron chi connectivity index (χ1n) is 24.3. The van der Waals surface area contributed by atoms with Crippen molar-refractivity contribution in [1.82, 2.24) is 47.5 Å². The van der Waals surface area contributed by atoms with Crippen molar-refractivity contribution in [2.24, 2.45) is 23.1 Å². The van der Waals surface area contributed by atoms with E-state index in [1.807, 2.05) is 24.3 Å². The number of fused-ring (bicyclic) bond motifs is 1. The molecule has 0 saturated carbocycles. The number of carboxylic acids is 1. The number of para-hydroxylation sites is 1. The van der Waals surface area contributed by atoms with E-state index in [4.69, 9.17) is 17.2 Å². The SMILES string of the molecule is CSCC[C@H](NC(=O)[C@@H](NC(=O)[C@H](CC(N)=O)NC(=O)CNC(=O)[C@H](Cc1ccccc1)NC(=O)[C@@H](NC(=O)[C@@H](N)Cc1c[nH]c2ccccc12)C(C)C)[C@@H](C)O)C(=O)N[C@@H](CS)C(=O)N[C@@H](CCCCN)C(=O)O. The minimum atomic E-state index is -1.79. The van der Waals surface area contributed by atoms with Gasteiger partial charge in [-0.2, -0.15) is 24.4 Å². The zero-order valence-corrected chi connectivity index (χ0v) is 44.1. The van der Waals surface area contributed by atoms with Crippen LogP contribution in [0.2, 0.25) is 0 Å². The second-order valence-electron chi connectivity index (χ2n) is 18.2. The number of carbonyl (C=O) groups is 10. The predicted octanol–water partition coefficient (Wildman–Crippen LogP) is -2.40. The molecule has 1 heterocycles. The molecule has 412 valence electrons.